The van der Waals surface area contributed by atoms with Gasteiger partial charge < -0.3 is 10.3 Å². The molecular weight excluding hydrogens is 325 g/mol. The van der Waals surface area contributed by atoms with Crippen LogP contribution in [0.25, 0.3) is 11.3 Å². The predicted molar refractivity (Wildman–Crippen MR) is 81.9 cm³/mol. The second-order valence-electron chi connectivity index (χ2n) is 4.98. The molecule has 23 heavy (non-hydrogen) atoms. The van der Waals surface area contributed by atoms with Crippen LogP contribution in [0.2, 0.25) is 0 Å². The maximum atomic E-state index is 12.4. The van der Waals surface area contributed by atoms with E-state index < -0.39 is 28.5 Å². The average molecular weight is 341 g/mol. The van der Waals surface area contributed by atoms with E-state index in [-0.39, 0.29) is 6.54 Å². The molecule has 0 aliphatic carbocycles. The first kappa shape index (κ1) is 17.3. The standard InChI is InChI=1S/C14H16FN3O4S/c1-23(20,21)17-8-11-6-13(22-18-11)9-2-4-10(5-3-9)14(19)12(16)7-15/h2-6,12,17H,7-8,16H2,1H3. The molecule has 3 N–H and O–H groups in total. The topological polar surface area (TPSA) is 115 Å². The van der Waals surface area contributed by atoms with Gasteiger partial charge in [-0.15, -0.1) is 0 Å². The molecule has 2 aromatic rings. The van der Waals surface area contributed by atoms with Crippen LogP contribution in [0.4, 0.5) is 4.39 Å². The van der Waals surface area contributed by atoms with Gasteiger partial charge in [-0.3, -0.25) is 4.79 Å². The number of sulfonamides is 1. The molecular formula is C14H16FN3O4S. The highest BCUT2D eigenvalue weighted by Crippen LogP contribution is 2.21. The van der Waals surface area contributed by atoms with Crippen molar-refractivity contribution in [2.45, 2.75) is 12.6 Å². The first-order valence-electron chi connectivity index (χ1n) is 6.66. The molecule has 1 unspecified atom stereocenters. The molecule has 0 aliphatic rings. The molecule has 2 rings (SSSR count). The second kappa shape index (κ2) is 6.99. The van der Waals surface area contributed by atoms with Crippen LogP contribution in [0.15, 0.2) is 34.9 Å². The zero-order valence-electron chi connectivity index (χ0n) is 12.3. The summed E-state index contributed by atoms with van der Waals surface area (Å²) in [5.74, 6) is -0.0567. The molecule has 0 saturated carbocycles. The molecule has 9 heteroatoms. The van der Waals surface area contributed by atoms with E-state index in [1.165, 1.54) is 12.1 Å². The van der Waals surface area contributed by atoms with Gasteiger partial charge in [0.25, 0.3) is 0 Å². The van der Waals surface area contributed by atoms with Gasteiger partial charge in [0.1, 0.15) is 6.67 Å². The van der Waals surface area contributed by atoms with E-state index in [1.54, 1.807) is 18.2 Å². The number of rotatable bonds is 7. The quantitative estimate of drug-likeness (QED) is 0.722. The number of alkyl halides is 1. The third kappa shape index (κ3) is 4.68. The lowest BCUT2D eigenvalue weighted by Gasteiger charge is -2.06. The monoisotopic (exact) mass is 341 g/mol. The normalized spacial score (nSPS) is 13.0. The van der Waals surface area contributed by atoms with Crippen LogP contribution in [0.5, 0.6) is 0 Å². The summed E-state index contributed by atoms with van der Waals surface area (Å²) < 4.78 is 41.9. The second-order valence-corrected chi connectivity index (χ2v) is 6.81. The Morgan fingerprint density at radius 1 is 1.39 bits per heavy atom. The van der Waals surface area contributed by atoms with Crippen molar-refractivity contribution in [2.75, 3.05) is 12.9 Å². The predicted octanol–water partition coefficient (Wildman–Crippen LogP) is 0.870. The Balaban J connectivity index is 2.11. The van der Waals surface area contributed by atoms with Crippen LogP contribution in [0.3, 0.4) is 0 Å². The number of carbonyl (C=O) groups is 1. The Bertz CT molecular complexity index is 787. The molecule has 0 radical (unpaired) electrons. The summed E-state index contributed by atoms with van der Waals surface area (Å²) >= 11 is 0. The zero-order chi connectivity index (χ0) is 17.0. The molecule has 1 aromatic carbocycles. The van der Waals surface area contributed by atoms with Crippen molar-refractivity contribution in [3.05, 3.63) is 41.6 Å². The van der Waals surface area contributed by atoms with Crippen LogP contribution in [0.1, 0.15) is 16.1 Å². The summed E-state index contributed by atoms with van der Waals surface area (Å²) in [5, 5.41) is 3.76. The minimum atomic E-state index is -3.32. The van der Waals surface area contributed by atoms with Crippen molar-refractivity contribution in [1.82, 2.24) is 9.88 Å². The van der Waals surface area contributed by atoms with Crippen LogP contribution in [0, 0.1) is 0 Å². The van der Waals surface area contributed by atoms with Gasteiger partial charge >= 0.3 is 0 Å². The fourth-order valence-electron chi connectivity index (χ4n) is 1.82. The van der Waals surface area contributed by atoms with Gasteiger partial charge in [-0.2, -0.15) is 0 Å². The van der Waals surface area contributed by atoms with Crippen molar-refractivity contribution in [1.29, 1.82) is 0 Å². The average Bonchev–Trinajstić information content (AvgIpc) is 3.00. The van der Waals surface area contributed by atoms with Crippen LogP contribution in [-0.4, -0.2) is 38.3 Å². The summed E-state index contributed by atoms with van der Waals surface area (Å²) in [7, 11) is -3.32. The van der Waals surface area contributed by atoms with Crippen molar-refractivity contribution in [2.24, 2.45) is 5.73 Å². The first-order valence-corrected chi connectivity index (χ1v) is 8.55. The minimum absolute atomic E-state index is 0.0181. The summed E-state index contributed by atoms with van der Waals surface area (Å²) in [5.41, 5.74) is 6.73. The number of ketones is 1. The van der Waals surface area contributed by atoms with Gasteiger partial charge in [-0.05, 0) is 0 Å². The van der Waals surface area contributed by atoms with Gasteiger partial charge in [-0.1, -0.05) is 29.4 Å². The van der Waals surface area contributed by atoms with Crippen LogP contribution in [-0.2, 0) is 16.6 Å². The fraction of sp³-hybridized carbons (Fsp3) is 0.286. The van der Waals surface area contributed by atoms with Gasteiger partial charge in [0.15, 0.2) is 11.5 Å². The summed E-state index contributed by atoms with van der Waals surface area (Å²) in [6.45, 7) is -0.899. The number of nitrogens with one attached hydrogen (secondary N) is 1. The van der Waals surface area contributed by atoms with Crippen molar-refractivity contribution in [3.63, 3.8) is 0 Å². The molecule has 0 bridgehead atoms. The number of benzene rings is 1. The van der Waals surface area contributed by atoms with Gasteiger partial charge in [0.05, 0.1) is 24.5 Å². The molecule has 0 fully saturated rings. The van der Waals surface area contributed by atoms with E-state index in [1.807, 2.05) is 0 Å². The SMILES string of the molecule is CS(=O)(=O)NCc1cc(-c2ccc(C(=O)C(N)CF)cc2)on1. The lowest BCUT2D eigenvalue weighted by Crippen LogP contribution is -2.32. The largest absolute Gasteiger partial charge is 0.356 e. The molecule has 0 amide bonds. The Kier molecular flexibility index (Phi) is 5.24. The maximum Gasteiger partial charge on any atom is 0.209 e. The maximum absolute atomic E-state index is 12.4. The number of hydrogen-bond donors (Lipinski definition) is 2. The van der Waals surface area contributed by atoms with E-state index in [2.05, 4.69) is 9.88 Å². The van der Waals surface area contributed by atoms with Crippen LogP contribution < -0.4 is 10.5 Å². The Morgan fingerprint density at radius 2 is 2.04 bits per heavy atom. The van der Waals surface area contributed by atoms with Gasteiger partial charge in [0, 0.05) is 17.2 Å². The molecule has 1 heterocycles. The van der Waals surface area contributed by atoms with Gasteiger partial charge in [-0.25, -0.2) is 17.5 Å². The number of nitrogens with two attached hydrogens (primary N) is 1. The van der Waals surface area contributed by atoms with Crippen molar-refractivity contribution < 1.29 is 22.1 Å². The third-order valence-corrected chi connectivity index (χ3v) is 3.70. The smallest absolute Gasteiger partial charge is 0.209 e. The van der Waals surface area contributed by atoms with E-state index in [0.29, 0.717) is 22.6 Å². The highest BCUT2D eigenvalue weighted by Gasteiger charge is 2.16. The highest BCUT2D eigenvalue weighted by atomic mass is 32.2. The highest BCUT2D eigenvalue weighted by molar-refractivity contribution is 7.88. The molecule has 0 spiro atoms. The lowest BCUT2D eigenvalue weighted by molar-refractivity contribution is 0.0949. The number of nitrogens with zero attached hydrogens (tertiary/aromatic N) is 1. The Labute approximate surface area is 132 Å². The number of Topliss-reactive ketones (excluding diaryl/α,β-unsaturated/α-hetero) is 1. The van der Waals surface area contributed by atoms with E-state index >= 15 is 0 Å². The Hall–Kier alpha value is -2.10. The van der Waals surface area contributed by atoms with E-state index in [9.17, 15) is 17.6 Å². The molecule has 1 aromatic heterocycles. The van der Waals surface area contributed by atoms with Crippen molar-refractivity contribution >= 4 is 15.8 Å². The number of halogens is 1. The summed E-state index contributed by atoms with van der Waals surface area (Å²) in [4.78, 5) is 11.7. The summed E-state index contributed by atoms with van der Waals surface area (Å²) in [6.07, 6.45) is 1.05. The van der Waals surface area contributed by atoms with E-state index in [0.717, 1.165) is 6.26 Å². The van der Waals surface area contributed by atoms with E-state index in [4.69, 9.17) is 10.3 Å². The molecule has 7 nitrogen and oxygen atoms in total. The molecule has 0 saturated heterocycles. The lowest BCUT2D eigenvalue weighted by atomic mass is 10.0. The van der Waals surface area contributed by atoms with Crippen molar-refractivity contribution in [3.8, 4) is 11.3 Å². The number of aromatic nitrogens is 1. The number of carbonyl (C=O) groups excluding carboxylic acids is 1. The zero-order valence-corrected chi connectivity index (χ0v) is 13.1. The molecule has 1 atom stereocenters. The van der Waals surface area contributed by atoms with Crippen LogP contribution >= 0.6 is 0 Å². The van der Waals surface area contributed by atoms with Gasteiger partial charge in [0.2, 0.25) is 10.0 Å². The Morgan fingerprint density at radius 3 is 2.61 bits per heavy atom. The molecule has 124 valence electrons. The summed E-state index contributed by atoms with van der Waals surface area (Å²) in [6, 6.07) is 6.69. The molecule has 0 aliphatic heterocycles. The number of hydrogen-bond acceptors (Lipinski definition) is 6. The fourth-order valence-corrected chi connectivity index (χ4v) is 2.23. The first-order chi connectivity index (χ1) is 10.8. The third-order valence-electron chi connectivity index (χ3n) is 3.03. The minimum Gasteiger partial charge on any atom is -0.356 e.